The van der Waals surface area contributed by atoms with E-state index in [2.05, 4.69) is 15.3 Å². The predicted molar refractivity (Wildman–Crippen MR) is 79.4 cm³/mol. The first kappa shape index (κ1) is 15.1. The lowest BCUT2D eigenvalue weighted by atomic mass is 9.95. The molecule has 0 amide bonds. The Morgan fingerprint density at radius 3 is 2.27 bits per heavy atom. The van der Waals surface area contributed by atoms with Crippen LogP contribution >= 0.6 is 0 Å². The van der Waals surface area contributed by atoms with Crippen LogP contribution in [-0.2, 0) is 0 Å². The van der Waals surface area contributed by atoms with Gasteiger partial charge in [0, 0.05) is 6.04 Å². The van der Waals surface area contributed by atoms with Crippen LogP contribution in [0.3, 0.4) is 0 Å². The lowest BCUT2D eigenvalue weighted by Gasteiger charge is -2.24. The van der Waals surface area contributed by atoms with Gasteiger partial charge in [-0.1, -0.05) is 19.3 Å². The van der Waals surface area contributed by atoms with E-state index in [0.29, 0.717) is 5.82 Å². The quantitative estimate of drug-likeness (QED) is 0.835. The number of rotatable bonds is 2. The lowest BCUT2D eigenvalue weighted by Crippen LogP contribution is -2.24. The summed E-state index contributed by atoms with van der Waals surface area (Å²) in [6.07, 6.45) is 4.82. The minimum atomic E-state index is -1.19. The van der Waals surface area contributed by atoms with Gasteiger partial charge in [0.1, 0.15) is 17.0 Å². The molecule has 1 aromatic carbocycles. The minimum Gasteiger partial charge on any atom is -0.377 e. The average molecular weight is 309 g/mol. The van der Waals surface area contributed by atoms with Crippen molar-refractivity contribution in [2.45, 2.75) is 52.0 Å². The number of hydrogen-bond acceptors (Lipinski definition) is 3. The summed E-state index contributed by atoms with van der Waals surface area (Å²) in [5.41, 5.74) is -0.335. The van der Waals surface area contributed by atoms with Crippen LogP contribution in [0.2, 0.25) is 0 Å². The molecule has 2 aromatic rings. The molecule has 0 saturated heterocycles. The molecule has 0 unspecified atom stereocenters. The summed E-state index contributed by atoms with van der Waals surface area (Å²) in [7, 11) is 0. The van der Waals surface area contributed by atoms with Crippen LogP contribution in [0.4, 0.5) is 18.9 Å². The number of anilines is 1. The van der Waals surface area contributed by atoms with Crippen LogP contribution in [-0.4, -0.2) is 16.0 Å². The molecule has 0 spiro atoms. The highest BCUT2D eigenvalue weighted by atomic mass is 19.2. The maximum Gasteiger partial charge on any atom is 0.185 e. The Balaban J connectivity index is 2.14. The number of nitrogens with one attached hydrogen (secondary N) is 1. The fourth-order valence-electron chi connectivity index (χ4n) is 3.15. The molecule has 1 aromatic heterocycles. The average Bonchev–Trinajstić information content (AvgIpc) is 2.50. The zero-order valence-corrected chi connectivity index (χ0v) is 12.6. The summed E-state index contributed by atoms with van der Waals surface area (Å²) in [4.78, 5) is 7.94. The molecule has 1 N–H and O–H groups in total. The zero-order valence-electron chi connectivity index (χ0n) is 12.6. The summed E-state index contributed by atoms with van der Waals surface area (Å²) in [6.45, 7) is 3.12. The molecule has 1 aliphatic rings. The van der Waals surface area contributed by atoms with Gasteiger partial charge in [-0.15, -0.1) is 0 Å². The first-order valence-electron chi connectivity index (χ1n) is 7.57. The van der Waals surface area contributed by atoms with Gasteiger partial charge in [-0.3, -0.25) is 0 Å². The summed E-state index contributed by atoms with van der Waals surface area (Å²) >= 11 is 0. The molecular weight excluding hydrogens is 291 g/mol. The Morgan fingerprint density at radius 1 is 0.909 bits per heavy atom. The van der Waals surface area contributed by atoms with Crippen LogP contribution in [0.25, 0.3) is 10.9 Å². The Labute approximate surface area is 127 Å². The van der Waals surface area contributed by atoms with Crippen molar-refractivity contribution in [3.05, 3.63) is 29.0 Å². The largest absolute Gasteiger partial charge is 0.377 e. The lowest BCUT2D eigenvalue weighted by molar-refractivity contribution is 0.453. The van der Waals surface area contributed by atoms with Crippen LogP contribution in [0, 0.1) is 31.3 Å². The standard InChI is InChI=1S/C16H18F3N3/c1-8-11-12(17)13(18)16(22-10-6-4-3-5-7-10)14(19)15(11)21-9(2)20-8/h10,22H,3-7H2,1-2H3. The van der Waals surface area contributed by atoms with Crippen molar-refractivity contribution < 1.29 is 13.2 Å². The van der Waals surface area contributed by atoms with Gasteiger partial charge in [0.25, 0.3) is 0 Å². The van der Waals surface area contributed by atoms with E-state index < -0.39 is 23.1 Å². The Morgan fingerprint density at radius 2 is 1.59 bits per heavy atom. The number of aromatic nitrogens is 2. The van der Waals surface area contributed by atoms with Crippen molar-refractivity contribution in [1.82, 2.24) is 9.97 Å². The third kappa shape index (κ3) is 2.51. The van der Waals surface area contributed by atoms with Gasteiger partial charge in [0.2, 0.25) is 0 Å². The van der Waals surface area contributed by atoms with Crippen molar-refractivity contribution in [1.29, 1.82) is 0 Å². The number of nitrogens with zero attached hydrogens (tertiary/aromatic N) is 2. The smallest absolute Gasteiger partial charge is 0.185 e. The molecule has 1 aliphatic carbocycles. The second kappa shape index (κ2) is 5.74. The molecule has 1 heterocycles. The molecular formula is C16H18F3N3. The first-order valence-corrected chi connectivity index (χ1v) is 7.57. The maximum atomic E-state index is 14.7. The number of hydrogen-bond donors (Lipinski definition) is 1. The molecule has 0 atom stereocenters. The predicted octanol–water partition coefficient (Wildman–Crippen LogP) is 4.41. The second-order valence-electron chi connectivity index (χ2n) is 5.88. The van der Waals surface area contributed by atoms with Gasteiger partial charge in [0.15, 0.2) is 17.5 Å². The number of halogens is 3. The number of fused-ring (bicyclic) bond motifs is 1. The fourth-order valence-corrected chi connectivity index (χ4v) is 3.15. The first-order chi connectivity index (χ1) is 10.5. The normalized spacial score (nSPS) is 16.2. The van der Waals surface area contributed by atoms with Crippen LogP contribution in [0.15, 0.2) is 0 Å². The van der Waals surface area contributed by atoms with Crippen LogP contribution in [0.1, 0.15) is 43.6 Å². The minimum absolute atomic E-state index is 0.0290. The second-order valence-corrected chi connectivity index (χ2v) is 5.88. The molecule has 0 bridgehead atoms. The van der Waals surface area contributed by atoms with Gasteiger partial charge in [-0.25, -0.2) is 23.1 Å². The summed E-state index contributed by atoms with van der Waals surface area (Å²) < 4.78 is 43.3. The molecule has 3 nitrogen and oxygen atoms in total. The highest BCUT2D eigenvalue weighted by Gasteiger charge is 2.25. The molecule has 0 aliphatic heterocycles. The Kier molecular flexibility index (Phi) is 3.93. The van der Waals surface area contributed by atoms with Crippen LogP contribution in [0.5, 0.6) is 0 Å². The fraction of sp³-hybridized carbons (Fsp3) is 0.500. The highest BCUT2D eigenvalue weighted by molar-refractivity contribution is 5.86. The third-order valence-corrected chi connectivity index (χ3v) is 4.21. The number of benzene rings is 1. The van der Waals surface area contributed by atoms with Gasteiger partial charge in [-0.05, 0) is 26.7 Å². The van der Waals surface area contributed by atoms with Crippen molar-refractivity contribution >= 4 is 16.6 Å². The molecule has 22 heavy (non-hydrogen) atoms. The van der Waals surface area contributed by atoms with E-state index >= 15 is 0 Å². The molecule has 118 valence electrons. The Bertz CT molecular complexity index is 725. The summed E-state index contributed by atoms with van der Waals surface area (Å²) in [5, 5.41) is 2.65. The molecule has 6 heteroatoms. The monoisotopic (exact) mass is 309 g/mol. The van der Waals surface area contributed by atoms with Crippen molar-refractivity contribution in [2.75, 3.05) is 5.32 Å². The van der Waals surface area contributed by atoms with Gasteiger partial charge in [0.05, 0.1) is 11.1 Å². The maximum absolute atomic E-state index is 14.7. The molecule has 3 rings (SSSR count). The van der Waals surface area contributed by atoms with E-state index in [9.17, 15) is 13.2 Å². The van der Waals surface area contributed by atoms with Gasteiger partial charge >= 0.3 is 0 Å². The van der Waals surface area contributed by atoms with E-state index in [-0.39, 0.29) is 22.6 Å². The van der Waals surface area contributed by atoms with E-state index in [1.807, 2.05) is 0 Å². The highest BCUT2D eigenvalue weighted by Crippen LogP contribution is 2.33. The summed E-state index contributed by atoms with van der Waals surface area (Å²) in [5.74, 6) is -2.79. The Hall–Kier alpha value is -1.85. The SMILES string of the molecule is Cc1nc(C)c2c(F)c(F)c(NC3CCCCC3)c(F)c2n1. The van der Waals surface area contributed by atoms with Crippen molar-refractivity contribution in [3.63, 3.8) is 0 Å². The van der Waals surface area contributed by atoms with E-state index in [0.717, 1.165) is 32.1 Å². The zero-order chi connectivity index (χ0) is 15.9. The number of aryl methyl sites for hydroxylation is 2. The van der Waals surface area contributed by atoms with Gasteiger partial charge < -0.3 is 5.32 Å². The van der Waals surface area contributed by atoms with E-state index in [4.69, 9.17) is 0 Å². The van der Waals surface area contributed by atoms with E-state index in [1.165, 1.54) is 6.92 Å². The summed E-state index contributed by atoms with van der Waals surface area (Å²) in [6, 6.07) is -0.0290. The van der Waals surface area contributed by atoms with Crippen molar-refractivity contribution in [3.8, 4) is 0 Å². The molecule has 1 saturated carbocycles. The molecule has 1 fully saturated rings. The van der Waals surface area contributed by atoms with Crippen molar-refractivity contribution in [2.24, 2.45) is 0 Å². The van der Waals surface area contributed by atoms with E-state index in [1.54, 1.807) is 6.92 Å². The topological polar surface area (TPSA) is 37.8 Å². The van der Waals surface area contributed by atoms with Gasteiger partial charge in [-0.2, -0.15) is 0 Å². The third-order valence-electron chi connectivity index (χ3n) is 4.21. The van der Waals surface area contributed by atoms with Crippen LogP contribution < -0.4 is 5.32 Å². The molecule has 0 radical (unpaired) electrons.